The van der Waals surface area contributed by atoms with Crippen molar-refractivity contribution in [2.75, 3.05) is 0 Å². The van der Waals surface area contributed by atoms with E-state index in [0.29, 0.717) is 12.0 Å². The highest BCUT2D eigenvalue weighted by molar-refractivity contribution is 5.96. The van der Waals surface area contributed by atoms with E-state index >= 15 is 0 Å². The molecule has 0 saturated carbocycles. The van der Waals surface area contributed by atoms with E-state index in [1.807, 2.05) is 39.0 Å². The van der Waals surface area contributed by atoms with Crippen LogP contribution in [0.3, 0.4) is 0 Å². The van der Waals surface area contributed by atoms with Crippen LogP contribution in [0.15, 0.2) is 23.8 Å². The topological polar surface area (TPSA) is 46.6 Å². The molecule has 98 valence electrons. The van der Waals surface area contributed by atoms with Crippen LogP contribution in [-0.2, 0) is 9.53 Å². The van der Waals surface area contributed by atoms with Gasteiger partial charge in [0.05, 0.1) is 12.1 Å². The molecule has 0 unspecified atom stereocenters. The van der Waals surface area contributed by atoms with Gasteiger partial charge in [-0.3, -0.25) is 9.69 Å². The van der Waals surface area contributed by atoms with Crippen LogP contribution >= 0.6 is 0 Å². The Labute approximate surface area is 107 Å². The van der Waals surface area contributed by atoms with Crippen LogP contribution in [0, 0.1) is 0 Å². The van der Waals surface area contributed by atoms with Crippen molar-refractivity contribution in [3.63, 3.8) is 0 Å². The lowest BCUT2D eigenvalue weighted by Crippen LogP contribution is -2.48. The van der Waals surface area contributed by atoms with Gasteiger partial charge in [-0.25, -0.2) is 4.79 Å². The Hall–Kier alpha value is -1.58. The number of carbonyl (C=O) groups is 2. The van der Waals surface area contributed by atoms with Gasteiger partial charge in [-0.2, -0.15) is 0 Å². The van der Waals surface area contributed by atoms with Gasteiger partial charge in [0.1, 0.15) is 5.60 Å². The van der Waals surface area contributed by atoms with E-state index in [9.17, 15) is 9.59 Å². The molecule has 18 heavy (non-hydrogen) atoms. The molecule has 2 bridgehead atoms. The van der Waals surface area contributed by atoms with Crippen molar-refractivity contribution in [3.8, 4) is 0 Å². The van der Waals surface area contributed by atoms with Gasteiger partial charge in [0, 0.05) is 5.57 Å². The summed E-state index contributed by atoms with van der Waals surface area (Å²) in [6.07, 6.45) is 6.14. The minimum Gasteiger partial charge on any atom is -0.444 e. The predicted octanol–water partition coefficient (Wildman–Crippen LogP) is 2.45. The number of ketones is 1. The molecular formula is C14H19NO3. The number of rotatable bonds is 1. The number of Topliss-reactive ketones (excluding diaryl/α,β-unsaturated/α-hetero) is 1. The van der Waals surface area contributed by atoms with Crippen LogP contribution in [0.4, 0.5) is 4.79 Å². The first kappa shape index (κ1) is 12.9. The minimum absolute atomic E-state index is 0.0126. The smallest absolute Gasteiger partial charge is 0.411 e. The van der Waals surface area contributed by atoms with Gasteiger partial charge in [-0.15, -0.1) is 0 Å². The summed E-state index contributed by atoms with van der Waals surface area (Å²) in [6, 6.07) is -0.232. The summed E-state index contributed by atoms with van der Waals surface area (Å²) in [4.78, 5) is 25.4. The van der Waals surface area contributed by atoms with Crippen LogP contribution in [0.5, 0.6) is 0 Å². The molecule has 2 rings (SSSR count). The number of carbonyl (C=O) groups excluding carboxylic acids is 2. The third kappa shape index (κ3) is 2.33. The fraction of sp³-hybridized carbons (Fsp3) is 0.571. The molecule has 0 aromatic carbocycles. The van der Waals surface area contributed by atoms with Crippen LogP contribution in [0.25, 0.3) is 0 Å². The molecule has 0 aromatic rings. The largest absolute Gasteiger partial charge is 0.444 e. The molecule has 4 heteroatoms. The Morgan fingerprint density at radius 2 is 2.00 bits per heavy atom. The minimum atomic E-state index is -0.520. The first-order chi connectivity index (χ1) is 8.29. The fourth-order valence-electron chi connectivity index (χ4n) is 2.35. The third-order valence-electron chi connectivity index (χ3n) is 3.08. The second kappa shape index (κ2) is 4.26. The molecule has 2 aliphatic rings. The lowest BCUT2D eigenvalue weighted by atomic mass is 9.98. The summed E-state index contributed by atoms with van der Waals surface area (Å²) < 4.78 is 5.39. The fourth-order valence-corrected chi connectivity index (χ4v) is 2.35. The average Bonchev–Trinajstić information content (AvgIpc) is 2.49. The molecule has 2 aliphatic heterocycles. The second-order valence-electron chi connectivity index (χ2n) is 5.74. The van der Waals surface area contributed by atoms with Gasteiger partial charge in [0.2, 0.25) is 0 Å². The van der Waals surface area contributed by atoms with Crippen LogP contribution < -0.4 is 0 Å². The van der Waals surface area contributed by atoms with Gasteiger partial charge < -0.3 is 4.74 Å². The monoisotopic (exact) mass is 249 g/mol. The normalized spacial score (nSPS) is 26.0. The highest BCUT2D eigenvalue weighted by Crippen LogP contribution is 2.32. The highest BCUT2D eigenvalue weighted by atomic mass is 16.6. The van der Waals surface area contributed by atoms with Crippen molar-refractivity contribution < 1.29 is 14.3 Å². The zero-order valence-electron chi connectivity index (χ0n) is 11.3. The van der Waals surface area contributed by atoms with Crippen molar-refractivity contribution in [2.24, 2.45) is 0 Å². The van der Waals surface area contributed by atoms with E-state index in [2.05, 4.69) is 0 Å². The van der Waals surface area contributed by atoms with Gasteiger partial charge in [-0.1, -0.05) is 18.2 Å². The summed E-state index contributed by atoms with van der Waals surface area (Å²) in [6.45, 7) is 7.05. The summed E-state index contributed by atoms with van der Waals surface area (Å²) in [5, 5.41) is 0. The number of hydrogen-bond donors (Lipinski definition) is 0. The van der Waals surface area contributed by atoms with Crippen molar-refractivity contribution in [2.45, 2.75) is 51.8 Å². The van der Waals surface area contributed by atoms with Crippen molar-refractivity contribution in [1.29, 1.82) is 0 Å². The van der Waals surface area contributed by atoms with E-state index in [1.54, 1.807) is 4.90 Å². The summed E-state index contributed by atoms with van der Waals surface area (Å²) in [5.41, 5.74) is 0.166. The van der Waals surface area contributed by atoms with Gasteiger partial charge in [-0.05, 0) is 34.1 Å². The Kier molecular flexibility index (Phi) is 3.05. The van der Waals surface area contributed by atoms with Crippen LogP contribution in [0.2, 0.25) is 0 Å². The zero-order valence-corrected chi connectivity index (χ0v) is 11.3. The molecule has 0 fully saturated rings. The van der Waals surface area contributed by atoms with Gasteiger partial charge in [0.15, 0.2) is 5.78 Å². The number of ether oxygens (including phenoxy) is 1. The van der Waals surface area contributed by atoms with E-state index < -0.39 is 5.60 Å². The number of fused-ring (bicyclic) bond motifs is 2. The summed E-state index contributed by atoms with van der Waals surface area (Å²) >= 11 is 0. The maximum Gasteiger partial charge on any atom is 0.411 e. The summed E-state index contributed by atoms with van der Waals surface area (Å²) in [7, 11) is 0. The highest BCUT2D eigenvalue weighted by Gasteiger charge is 2.40. The maximum absolute atomic E-state index is 12.2. The van der Waals surface area contributed by atoms with E-state index in [4.69, 9.17) is 4.74 Å². The van der Waals surface area contributed by atoms with Crippen molar-refractivity contribution in [1.82, 2.24) is 4.90 Å². The quantitative estimate of drug-likeness (QED) is 0.671. The molecule has 0 N–H and O–H groups in total. The van der Waals surface area contributed by atoms with E-state index in [1.165, 1.54) is 6.92 Å². The first-order valence-electron chi connectivity index (χ1n) is 6.20. The standard InChI is InChI=1S/C14H19NO3/c1-9(16)11-7-5-10-6-8-12(11)15(10)13(17)18-14(2,3)4/h6-8,10,12H,5H2,1-4H3/t10-,12-/m1/s1. The van der Waals surface area contributed by atoms with E-state index in [0.717, 1.165) is 0 Å². The zero-order chi connectivity index (χ0) is 13.5. The van der Waals surface area contributed by atoms with Crippen LogP contribution in [-0.4, -0.2) is 34.5 Å². The first-order valence-corrected chi connectivity index (χ1v) is 6.20. The summed E-state index contributed by atoms with van der Waals surface area (Å²) in [5.74, 6) is 0.0126. The van der Waals surface area contributed by atoms with Gasteiger partial charge >= 0.3 is 6.09 Å². The second-order valence-corrected chi connectivity index (χ2v) is 5.74. The van der Waals surface area contributed by atoms with Gasteiger partial charge in [0.25, 0.3) is 0 Å². The molecule has 2 atom stereocenters. The number of amides is 1. The SMILES string of the molecule is CC(=O)C1=CC[C@@H]2C=C[C@H]1N2C(=O)OC(C)(C)C. The molecule has 0 saturated heterocycles. The Balaban J connectivity index is 2.19. The van der Waals surface area contributed by atoms with Crippen molar-refractivity contribution >= 4 is 11.9 Å². The number of nitrogens with zero attached hydrogens (tertiary/aromatic N) is 1. The lowest BCUT2D eigenvalue weighted by Gasteiger charge is -2.35. The molecular weight excluding hydrogens is 230 g/mol. The Morgan fingerprint density at radius 3 is 2.56 bits per heavy atom. The lowest BCUT2D eigenvalue weighted by molar-refractivity contribution is -0.114. The molecule has 0 radical (unpaired) electrons. The van der Waals surface area contributed by atoms with E-state index in [-0.39, 0.29) is 24.0 Å². The maximum atomic E-state index is 12.2. The molecule has 2 heterocycles. The molecule has 4 nitrogen and oxygen atoms in total. The molecule has 0 aromatic heterocycles. The molecule has 1 amide bonds. The Bertz CT molecular complexity index is 442. The average molecular weight is 249 g/mol. The molecule has 0 spiro atoms. The molecule has 0 aliphatic carbocycles. The number of hydrogen-bond acceptors (Lipinski definition) is 3. The van der Waals surface area contributed by atoms with Crippen LogP contribution in [0.1, 0.15) is 34.1 Å². The van der Waals surface area contributed by atoms with Crippen molar-refractivity contribution in [3.05, 3.63) is 23.8 Å². The predicted molar refractivity (Wildman–Crippen MR) is 68.2 cm³/mol. The third-order valence-corrected chi connectivity index (χ3v) is 3.08. The Morgan fingerprint density at radius 1 is 1.33 bits per heavy atom.